The van der Waals surface area contributed by atoms with Crippen molar-refractivity contribution < 1.29 is 28.6 Å². The molecule has 1 aromatic carbocycles. The van der Waals surface area contributed by atoms with Gasteiger partial charge in [0.05, 0.1) is 24.8 Å². The number of rotatable bonds is 5. The maximum atomic E-state index is 13.2. The molecule has 21 heavy (non-hydrogen) atoms. The smallest absolute Gasteiger partial charge is 0.339 e. The molecule has 0 radical (unpaired) electrons. The molecule has 0 atom stereocenters. The fourth-order valence-electron chi connectivity index (χ4n) is 1.48. The Balaban J connectivity index is 2.86. The summed E-state index contributed by atoms with van der Waals surface area (Å²) in [4.78, 5) is 34.9. The lowest BCUT2D eigenvalue weighted by Crippen LogP contribution is -2.33. The van der Waals surface area contributed by atoms with Gasteiger partial charge in [0.15, 0.2) is 0 Å². The SMILES string of the molecule is COC(=O)c1ccc(F)cc1NC(=O)N(C)CCC(=O)O. The number of ether oxygens (including phenoxy) is 1. The number of benzene rings is 1. The number of hydrogen-bond acceptors (Lipinski definition) is 4. The Hall–Kier alpha value is -2.64. The van der Waals surface area contributed by atoms with Crippen LogP contribution in [-0.2, 0) is 9.53 Å². The lowest BCUT2D eigenvalue weighted by Gasteiger charge is -2.18. The van der Waals surface area contributed by atoms with E-state index in [0.717, 1.165) is 24.1 Å². The minimum absolute atomic E-state index is 0.00103. The van der Waals surface area contributed by atoms with E-state index in [2.05, 4.69) is 10.1 Å². The van der Waals surface area contributed by atoms with Crippen LogP contribution in [-0.4, -0.2) is 48.7 Å². The van der Waals surface area contributed by atoms with Crippen molar-refractivity contribution in [2.24, 2.45) is 0 Å². The second-order valence-corrected chi connectivity index (χ2v) is 4.18. The molecule has 7 nitrogen and oxygen atoms in total. The lowest BCUT2D eigenvalue weighted by molar-refractivity contribution is -0.137. The molecule has 114 valence electrons. The van der Waals surface area contributed by atoms with Crippen molar-refractivity contribution in [1.82, 2.24) is 4.90 Å². The van der Waals surface area contributed by atoms with E-state index in [9.17, 15) is 18.8 Å². The number of hydrogen-bond donors (Lipinski definition) is 2. The molecule has 0 aliphatic carbocycles. The van der Waals surface area contributed by atoms with Crippen LogP contribution in [0, 0.1) is 5.82 Å². The van der Waals surface area contributed by atoms with E-state index < -0.39 is 23.8 Å². The molecule has 0 fully saturated rings. The predicted molar refractivity (Wildman–Crippen MR) is 71.6 cm³/mol. The van der Waals surface area contributed by atoms with Gasteiger partial charge in [-0.2, -0.15) is 0 Å². The second-order valence-electron chi connectivity index (χ2n) is 4.18. The van der Waals surface area contributed by atoms with E-state index in [4.69, 9.17) is 5.11 Å². The van der Waals surface area contributed by atoms with Crippen LogP contribution in [0.5, 0.6) is 0 Å². The predicted octanol–water partition coefficient (Wildman–Crippen LogP) is 1.55. The third-order valence-corrected chi connectivity index (χ3v) is 2.64. The molecule has 0 unspecified atom stereocenters. The zero-order valence-corrected chi connectivity index (χ0v) is 11.6. The van der Waals surface area contributed by atoms with E-state index in [-0.39, 0.29) is 24.2 Å². The van der Waals surface area contributed by atoms with Gasteiger partial charge in [-0.05, 0) is 18.2 Å². The number of aliphatic carboxylic acids is 1. The van der Waals surface area contributed by atoms with Crippen LogP contribution in [0.3, 0.4) is 0 Å². The van der Waals surface area contributed by atoms with Crippen LogP contribution in [0.4, 0.5) is 14.9 Å². The number of carbonyl (C=O) groups excluding carboxylic acids is 2. The summed E-state index contributed by atoms with van der Waals surface area (Å²) in [6, 6.07) is 2.58. The molecule has 2 amide bonds. The van der Waals surface area contributed by atoms with Gasteiger partial charge in [-0.25, -0.2) is 14.0 Å². The number of urea groups is 1. The van der Waals surface area contributed by atoms with Gasteiger partial charge in [-0.3, -0.25) is 4.79 Å². The molecule has 0 saturated carbocycles. The highest BCUT2D eigenvalue weighted by atomic mass is 19.1. The molecule has 1 aromatic rings. The Labute approximate surface area is 120 Å². The summed E-state index contributed by atoms with van der Waals surface area (Å²) in [6.45, 7) is -0.0238. The summed E-state index contributed by atoms with van der Waals surface area (Å²) in [7, 11) is 2.55. The molecule has 2 N–H and O–H groups in total. The Morgan fingerprint density at radius 1 is 1.38 bits per heavy atom. The fourth-order valence-corrected chi connectivity index (χ4v) is 1.48. The van der Waals surface area contributed by atoms with Gasteiger partial charge in [0.2, 0.25) is 0 Å². The average Bonchev–Trinajstić information content (AvgIpc) is 2.43. The molecular weight excluding hydrogens is 283 g/mol. The standard InChI is InChI=1S/C13H15FN2O5/c1-16(6-5-11(17)18)13(20)15-10-7-8(14)3-4-9(10)12(19)21-2/h3-4,7H,5-6H2,1-2H3,(H,15,20)(H,17,18). The van der Waals surface area contributed by atoms with Gasteiger partial charge in [0, 0.05) is 13.6 Å². The molecule has 8 heteroatoms. The molecule has 0 bridgehead atoms. The Bertz CT molecular complexity index is 561. The van der Waals surface area contributed by atoms with Gasteiger partial charge in [-0.15, -0.1) is 0 Å². The molecule has 0 saturated heterocycles. The van der Waals surface area contributed by atoms with Gasteiger partial charge >= 0.3 is 18.0 Å². The zero-order valence-electron chi connectivity index (χ0n) is 11.6. The first kappa shape index (κ1) is 16.4. The maximum Gasteiger partial charge on any atom is 0.339 e. The quantitative estimate of drug-likeness (QED) is 0.804. The van der Waals surface area contributed by atoms with Gasteiger partial charge < -0.3 is 20.1 Å². The summed E-state index contributed by atoms with van der Waals surface area (Å²) in [5.41, 5.74) is -0.0482. The van der Waals surface area contributed by atoms with Crippen LogP contribution in [0.2, 0.25) is 0 Å². The van der Waals surface area contributed by atoms with E-state index in [1.165, 1.54) is 13.1 Å². The molecule has 0 aliphatic rings. The highest BCUT2D eigenvalue weighted by molar-refractivity contribution is 6.00. The number of amides is 2. The van der Waals surface area contributed by atoms with Gasteiger partial charge in [0.1, 0.15) is 5.82 Å². The molecule has 0 spiro atoms. The number of anilines is 1. The van der Waals surface area contributed by atoms with Crippen LogP contribution >= 0.6 is 0 Å². The van der Waals surface area contributed by atoms with E-state index in [1.54, 1.807) is 0 Å². The van der Waals surface area contributed by atoms with Crippen molar-refractivity contribution in [1.29, 1.82) is 0 Å². The minimum atomic E-state index is -1.05. The number of methoxy groups -OCH3 is 1. The number of esters is 1. The highest BCUT2D eigenvalue weighted by Crippen LogP contribution is 2.18. The molecule has 0 aliphatic heterocycles. The summed E-state index contributed by atoms with van der Waals surface area (Å²) in [5.74, 6) is -2.40. The first-order valence-electron chi connectivity index (χ1n) is 5.97. The zero-order chi connectivity index (χ0) is 16.0. The van der Waals surface area contributed by atoms with Gasteiger partial charge in [-0.1, -0.05) is 0 Å². The van der Waals surface area contributed by atoms with Crippen molar-refractivity contribution >= 4 is 23.7 Å². The number of halogens is 1. The number of carboxylic acids is 1. The van der Waals surface area contributed by atoms with Crippen LogP contribution in [0.25, 0.3) is 0 Å². The monoisotopic (exact) mass is 298 g/mol. The van der Waals surface area contributed by atoms with Crippen molar-refractivity contribution in [3.8, 4) is 0 Å². The normalized spacial score (nSPS) is 9.86. The van der Waals surface area contributed by atoms with Crippen molar-refractivity contribution in [3.05, 3.63) is 29.6 Å². The fraction of sp³-hybridized carbons (Fsp3) is 0.308. The Morgan fingerprint density at radius 2 is 2.05 bits per heavy atom. The first-order valence-corrected chi connectivity index (χ1v) is 5.97. The van der Waals surface area contributed by atoms with Crippen molar-refractivity contribution in [2.75, 3.05) is 26.0 Å². The highest BCUT2D eigenvalue weighted by Gasteiger charge is 2.17. The maximum absolute atomic E-state index is 13.2. The van der Waals surface area contributed by atoms with E-state index in [1.807, 2.05) is 0 Å². The number of nitrogens with zero attached hydrogens (tertiary/aromatic N) is 1. The Morgan fingerprint density at radius 3 is 2.62 bits per heavy atom. The molecule has 1 rings (SSSR count). The summed E-state index contributed by atoms with van der Waals surface area (Å²) >= 11 is 0. The Kier molecular flexibility index (Phi) is 5.65. The van der Waals surface area contributed by atoms with Crippen molar-refractivity contribution in [3.63, 3.8) is 0 Å². The van der Waals surface area contributed by atoms with Crippen molar-refractivity contribution in [2.45, 2.75) is 6.42 Å². The number of carbonyl (C=O) groups is 3. The minimum Gasteiger partial charge on any atom is -0.481 e. The number of carboxylic acid groups (broad SMARTS) is 1. The van der Waals surface area contributed by atoms with Crippen LogP contribution in [0.15, 0.2) is 18.2 Å². The van der Waals surface area contributed by atoms with Crippen LogP contribution < -0.4 is 5.32 Å². The molecular formula is C13H15FN2O5. The van der Waals surface area contributed by atoms with Gasteiger partial charge in [0.25, 0.3) is 0 Å². The van der Waals surface area contributed by atoms with E-state index >= 15 is 0 Å². The third kappa shape index (κ3) is 4.75. The second kappa shape index (κ2) is 7.22. The average molecular weight is 298 g/mol. The topological polar surface area (TPSA) is 95.9 Å². The largest absolute Gasteiger partial charge is 0.481 e. The summed E-state index contributed by atoms with van der Waals surface area (Å²) in [5, 5.41) is 10.9. The number of nitrogens with one attached hydrogen (secondary N) is 1. The summed E-state index contributed by atoms with van der Waals surface area (Å²) in [6.07, 6.45) is -0.225. The first-order chi connectivity index (χ1) is 9.85. The molecule has 0 heterocycles. The molecule has 0 aromatic heterocycles. The third-order valence-electron chi connectivity index (χ3n) is 2.64. The summed E-state index contributed by atoms with van der Waals surface area (Å²) < 4.78 is 17.8. The lowest BCUT2D eigenvalue weighted by atomic mass is 10.1. The van der Waals surface area contributed by atoms with E-state index in [0.29, 0.717) is 0 Å². The van der Waals surface area contributed by atoms with Crippen LogP contribution in [0.1, 0.15) is 16.8 Å².